The predicted octanol–water partition coefficient (Wildman–Crippen LogP) is 1.79. The summed E-state index contributed by atoms with van der Waals surface area (Å²) >= 11 is 0. The molecule has 1 aliphatic heterocycles. The lowest BCUT2D eigenvalue weighted by Crippen LogP contribution is -2.49. The molecule has 150 valence electrons. The first kappa shape index (κ1) is 19.0. The minimum absolute atomic E-state index is 0.179. The number of hydrogen-bond donors (Lipinski definition) is 0. The Kier molecular flexibility index (Phi) is 4.94. The molecule has 0 N–H and O–H groups in total. The molecule has 28 heavy (non-hydrogen) atoms. The Morgan fingerprint density at radius 1 is 1.14 bits per heavy atom. The van der Waals surface area contributed by atoms with E-state index < -0.39 is 10.0 Å². The van der Waals surface area contributed by atoms with Crippen LogP contribution in [0.3, 0.4) is 0 Å². The third kappa shape index (κ3) is 3.43. The number of imidazole rings is 1. The monoisotopic (exact) mass is 407 g/mol. The third-order valence-electron chi connectivity index (χ3n) is 5.14. The molecule has 1 aromatic carbocycles. The Bertz CT molecular complexity index is 1080. The van der Waals surface area contributed by atoms with Gasteiger partial charge in [-0.1, -0.05) is 5.16 Å². The van der Waals surface area contributed by atoms with Gasteiger partial charge in [0.05, 0.1) is 17.4 Å². The van der Waals surface area contributed by atoms with Crippen LogP contribution in [-0.4, -0.2) is 65.1 Å². The van der Waals surface area contributed by atoms with Crippen molar-refractivity contribution in [2.45, 2.75) is 25.3 Å². The van der Waals surface area contributed by atoms with Crippen LogP contribution in [-0.2, 0) is 16.6 Å². The molecule has 0 saturated carbocycles. The summed E-state index contributed by atoms with van der Waals surface area (Å²) in [7, 11) is -3.59. The van der Waals surface area contributed by atoms with E-state index in [0.29, 0.717) is 49.7 Å². The lowest BCUT2D eigenvalue weighted by molar-refractivity contribution is 0.183. The molecule has 0 amide bonds. The summed E-state index contributed by atoms with van der Waals surface area (Å²) in [6.45, 7) is 6.85. The summed E-state index contributed by atoms with van der Waals surface area (Å²) in [4.78, 5) is 6.63. The van der Waals surface area contributed by atoms with Crippen molar-refractivity contribution < 1.29 is 17.3 Å². The van der Waals surface area contributed by atoms with Gasteiger partial charge in [-0.15, -0.1) is 0 Å². The van der Waals surface area contributed by atoms with Gasteiger partial charge in [-0.3, -0.25) is 4.90 Å². The second-order valence-corrected chi connectivity index (χ2v) is 8.84. The summed E-state index contributed by atoms with van der Waals surface area (Å²) in [6, 6.07) is 4.58. The second kappa shape index (κ2) is 7.26. The van der Waals surface area contributed by atoms with Crippen molar-refractivity contribution in [2.75, 3.05) is 32.7 Å². The lowest BCUT2D eigenvalue weighted by Gasteiger charge is -2.33. The van der Waals surface area contributed by atoms with Crippen LogP contribution in [0.15, 0.2) is 33.9 Å². The standard InChI is InChI=1S/C18H22FN5O3S/c1-13-18(14(2)27-21-13)28(25,26)24-9-6-22(7-10-24)5-8-23-12-20-16-11-15(19)3-4-17(16)23/h3-4,11-12H,5-10H2,1-2H3. The average molecular weight is 407 g/mol. The molecule has 3 aromatic rings. The van der Waals surface area contributed by atoms with Crippen LogP contribution in [0.4, 0.5) is 4.39 Å². The molecule has 0 spiro atoms. The highest BCUT2D eigenvalue weighted by atomic mass is 32.2. The molecule has 4 rings (SSSR count). The minimum atomic E-state index is -3.59. The Balaban J connectivity index is 1.38. The summed E-state index contributed by atoms with van der Waals surface area (Å²) in [5, 5.41) is 3.76. The van der Waals surface area contributed by atoms with E-state index in [4.69, 9.17) is 4.52 Å². The third-order valence-corrected chi connectivity index (χ3v) is 7.28. The van der Waals surface area contributed by atoms with Crippen LogP contribution >= 0.6 is 0 Å². The zero-order valence-corrected chi connectivity index (χ0v) is 16.6. The highest BCUT2D eigenvalue weighted by Gasteiger charge is 2.33. The van der Waals surface area contributed by atoms with Gasteiger partial charge in [0, 0.05) is 45.3 Å². The molecule has 0 unspecified atom stereocenters. The fraction of sp³-hybridized carbons (Fsp3) is 0.444. The van der Waals surface area contributed by atoms with E-state index in [1.54, 1.807) is 26.2 Å². The number of rotatable bonds is 5. The smallest absolute Gasteiger partial charge is 0.248 e. The average Bonchev–Trinajstić information content (AvgIpc) is 3.22. The zero-order valence-electron chi connectivity index (χ0n) is 15.8. The van der Waals surface area contributed by atoms with Gasteiger partial charge in [-0.2, -0.15) is 4.31 Å². The first-order chi connectivity index (χ1) is 13.4. The molecule has 0 aliphatic carbocycles. The maximum atomic E-state index is 13.3. The van der Waals surface area contributed by atoms with E-state index in [2.05, 4.69) is 15.0 Å². The Morgan fingerprint density at radius 2 is 1.89 bits per heavy atom. The highest BCUT2D eigenvalue weighted by molar-refractivity contribution is 7.89. The molecule has 1 aliphatic rings. The maximum absolute atomic E-state index is 13.3. The van der Waals surface area contributed by atoms with Crippen molar-refractivity contribution in [2.24, 2.45) is 0 Å². The van der Waals surface area contributed by atoms with E-state index in [-0.39, 0.29) is 10.7 Å². The van der Waals surface area contributed by atoms with Crippen LogP contribution in [0.5, 0.6) is 0 Å². The Labute approximate surface area is 162 Å². The summed E-state index contributed by atoms with van der Waals surface area (Å²) in [5.41, 5.74) is 1.92. The number of aromatic nitrogens is 3. The zero-order chi connectivity index (χ0) is 19.9. The number of sulfonamides is 1. The number of halogens is 1. The van der Waals surface area contributed by atoms with E-state index in [9.17, 15) is 12.8 Å². The number of aryl methyl sites for hydroxylation is 2. The molecule has 0 bridgehead atoms. The van der Waals surface area contributed by atoms with Crippen LogP contribution in [0.25, 0.3) is 11.0 Å². The van der Waals surface area contributed by atoms with Crippen molar-refractivity contribution in [1.82, 2.24) is 23.9 Å². The Hall–Kier alpha value is -2.30. The lowest BCUT2D eigenvalue weighted by atomic mass is 10.3. The van der Waals surface area contributed by atoms with Crippen molar-refractivity contribution in [3.63, 3.8) is 0 Å². The highest BCUT2D eigenvalue weighted by Crippen LogP contribution is 2.24. The molecule has 2 aromatic heterocycles. The first-order valence-electron chi connectivity index (χ1n) is 9.12. The number of hydrogen-bond acceptors (Lipinski definition) is 6. The molecular weight excluding hydrogens is 385 g/mol. The number of nitrogens with zero attached hydrogens (tertiary/aromatic N) is 5. The van der Waals surface area contributed by atoms with Gasteiger partial charge in [-0.25, -0.2) is 17.8 Å². The second-order valence-electron chi connectivity index (χ2n) is 6.97. The topological polar surface area (TPSA) is 84.5 Å². The van der Waals surface area contributed by atoms with Crippen LogP contribution < -0.4 is 0 Å². The van der Waals surface area contributed by atoms with Crippen LogP contribution in [0.1, 0.15) is 11.5 Å². The number of piperazine rings is 1. The first-order valence-corrected chi connectivity index (χ1v) is 10.6. The largest absolute Gasteiger partial charge is 0.360 e. The van der Waals surface area contributed by atoms with Gasteiger partial charge < -0.3 is 9.09 Å². The van der Waals surface area contributed by atoms with E-state index in [1.807, 2.05) is 4.57 Å². The molecular formula is C18H22FN5O3S. The fourth-order valence-corrected chi connectivity index (χ4v) is 5.34. The van der Waals surface area contributed by atoms with Crippen LogP contribution in [0.2, 0.25) is 0 Å². The molecule has 1 saturated heterocycles. The van der Waals surface area contributed by atoms with Gasteiger partial charge >= 0.3 is 0 Å². The molecule has 0 atom stereocenters. The van der Waals surface area contributed by atoms with Crippen molar-refractivity contribution in [3.8, 4) is 0 Å². The normalized spacial score (nSPS) is 16.8. The van der Waals surface area contributed by atoms with Crippen molar-refractivity contribution in [3.05, 3.63) is 41.8 Å². The van der Waals surface area contributed by atoms with Crippen LogP contribution in [0, 0.1) is 19.7 Å². The molecule has 1 fully saturated rings. The minimum Gasteiger partial charge on any atom is -0.360 e. The van der Waals surface area contributed by atoms with E-state index in [0.717, 1.165) is 12.1 Å². The van der Waals surface area contributed by atoms with E-state index in [1.165, 1.54) is 16.4 Å². The van der Waals surface area contributed by atoms with Gasteiger partial charge in [0.1, 0.15) is 16.4 Å². The number of fused-ring (bicyclic) bond motifs is 1. The van der Waals surface area contributed by atoms with Gasteiger partial charge in [-0.05, 0) is 26.0 Å². The quantitative estimate of drug-likeness (QED) is 0.641. The fourth-order valence-electron chi connectivity index (χ4n) is 3.63. The summed E-state index contributed by atoms with van der Waals surface area (Å²) in [5.74, 6) is 0.0247. The summed E-state index contributed by atoms with van der Waals surface area (Å²) in [6.07, 6.45) is 1.71. The summed E-state index contributed by atoms with van der Waals surface area (Å²) < 4.78 is 47.5. The molecule has 3 heterocycles. The van der Waals surface area contributed by atoms with Gasteiger partial charge in [0.25, 0.3) is 0 Å². The number of benzene rings is 1. The maximum Gasteiger partial charge on any atom is 0.248 e. The van der Waals surface area contributed by atoms with Crippen molar-refractivity contribution >= 4 is 21.1 Å². The van der Waals surface area contributed by atoms with Gasteiger partial charge in [0.15, 0.2) is 5.76 Å². The SMILES string of the molecule is Cc1noc(C)c1S(=O)(=O)N1CCN(CCn2cnc3cc(F)ccc32)CC1. The predicted molar refractivity (Wildman–Crippen MR) is 101 cm³/mol. The van der Waals surface area contributed by atoms with E-state index >= 15 is 0 Å². The molecule has 8 nitrogen and oxygen atoms in total. The molecule has 0 radical (unpaired) electrons. The molecule has 10 heteroatoms. The van der Waals surface area contributed by atoms with Crippen molar-refractivity contribution in [1.29, 1.82) is 0 Å². The Morgan fingerprint density at radius 3 is 2.57 bits per heavy atom. The van der Waals surface area contributed by atoms with Gasteiger partial charge in [0.2, 0.25) is 10.0 Å².